The maximum atomic E-state index is 11.7. The normalized spacial score (nSPS) is 19.8. The van der Waals surface area contributed by atoms with Gasteiger partial charge in [-0.15, -0.1) is 0 Å². The van der Waals surface area contributed by atoms with E-state index in [0.717, 1.165) is 55.4 Å². The number of imide groups is 1. The predicted molar refractivity (Wildman–Crippen MR) is 149 cm³/mol. The molecule has 5 rings (SSSR count). The summed E-state index contributed by atoms with van der Waals surface area (Å²) in [6.45, 7) is 0.759. The number of thioether (sulfide) groups is 1. The van der Waals surface area contributed by atoms with Gasteiger partial charge >= 0.3 is 12.1 Å². The van der Waals surface area contributed by atoms with Crippen LogP contribution in [0.5, 0.6) is 0 Å². The van der Waals surface area contributed by atoms with Crippen molar-refractivity contribution < 1.29 is 32.7 Å². The van der Waals surface area contributed by atoms with Gasteiger partial charge in [-0.3, -0.25) is 19.9 Å². The maximum Gasteiger partial charge on any atom is 0.490 e. The van der Waals surface area contributed by atoms with E-state index in [1.54, 1.807) is 29.7 Å². The summed E-state index contributed by atoms with van der Waals surface area (Å²) in [7, 11) is 0. The van der Waals surface area contributed by atoms with Crippen LogP contribution < -0.4 is 16.0 Å². The third kappa shape index (κ3) is 9.09. The van der Waals surface area contributed by atoms with Gasteiger partial charge in [0.2, 0.25) is 5.95 Å². The third-order valence-electron chi connectivity index (χ3n) is 6.10. The topological polar surface area (TPSA) is 146 Å². The first-order valence-corrected chi connectivity index (χ1v) is 14.2. The number of nitrogens with one attached hydrogen (secondary N) is 3. The fourth-order valence-electron chi connectivity index (χ4n) is 4.10. The highest BCUT2D eigenvalue weighted by Gasteiger charge is 2.38. The first kappa shape index (κ1) is 30.1. The van der Waals surface area contributed by atoms with Crippen molar-refractivity contribution in [2.75, 3.05) is 5.32 Å². The molecule has 0 bridgehead atoms. The van der Waals surface area contributed by atoms with Crippen LogP contribution in [0.2, 0.25) is 0 Å². The Balaban J connectivity index is 0.000000493. The quantitative estimate of drug-likeness (QED) is 0.269. The first-order valence-electron chi connectivity index (χ1n) is 12.4. The average Bonchev–Trinajstić information content (AvgIpc) is 3.58. The second kappa shape index (κ2) is 13.7. The molecule has 4 heterocycles. The van der Waals surface area contributed by atoms with E-state index >= 15 is 0 Å². The summed E-state index contributed by atoms with van der Waals surface area (Å²) in [6, 6.07) is 10.8. The number of hydrogen-bond acceptors (Lipinski definition) is 10. The first-order chi connectivity index (χ1) is 19.6. The van der Waals surface area contributed by atoms with E-state index in [2.05, 4.69) is 60.9 Å². The number of alkyl halides is 3. The zero-order chi connectivity index (χ0) is 29.4. The number of nitrogens with zero attached hydrogens (tertiary/aromatic N) is 3. The van der Waals surface area contributed by atoms with Gasteiger partial charge in [-0.1, -0.05) is 6.07 Å². The minimum absolute atomic E-state index is 0.298. The van der Waals surface area contributed by atoms with Gasteiger partial charge < -0.3 is 15.7 Å². The van der Waals surface area contributed by atoms with Crippen LogP contribution in [0.1, 0.15) is 37.1 Å². The molecule has 41 heavy (non-hydrogen) atoms. The molecule has 2 amide bonds. The lowest BCUT2D eigenvalue weighted by Gasteiger charge is -2.29. The molecule has 0 atom stereocenters. The number of pyridine rings is 1. The Bertz CT molecular complexity index is 1410. The maximum absolute atomic E-state index is 11.7. The number of carbonyl (C=O) groups excluding carboxylic acids is 2. The minimum Gasteiger partial charge on any atom is -0.475 e. The molecule has 1 saturated carbocycles. The lowest BCUT2D eigenvalue weighted by atomic mass is 9.91. The highest BCUT2D eigenvalue weighted by Crippen LogP contribution is 2.26. The Hall–Kier alpha value is -3.82. The molecule has 15 heteroatoms. The number of thiophene rings is 1. The van der Waals surface area contributed by atoms with Gasteiger partial charge in [0.1, 0.15) is 0 Å². The number of carboxylic acids is 1. The Kier molecular flexibility index (Phi) is 10.1. The van der Waals surface area contributed by atoms with E-state index in [4.69, 9.17) is 14.9 Å². The molecule has 3 aromatic rings. The molecule has 216 valence electrons. The average molecular weight is 607 g/mol. The molecule has 0 spiro atoms. The van der Waals surface area contributed by atoms with E-state index in [1.165, 1.54) is 5.56 Å². The van der Waals surface area contributed by atoms with Crippen LogP contribution in [-0.4, -0.2) is 55.4 Å². The van der Waals surface area contributed by atoms with Crippen molar-refractivity contribution in [1.82, 2.24) is 25.6 Å². The molecule has 3 aromatic heterocycles. The molecule has 4 N–H and O–H groups in total. The molecule has 0 radical (unpaired) electrons. The molecular weight excluding hydrogens is 581 g/mol. The summed E-state index contributed by atoms with van der Waals surface area (Å²) in [5.41, 5.74) is 3.83. The fourth-order valence-corrected chi connectivity index (χ4v) is 5.42. The second-order valence-corrected chi connectivity index (χ2v) is 10.9. The molecule has 1 aliphatic carbocycles. The summed E-state index contributed by atoms with van der Waals surface area (Å²) in [5, 5.41) is 20.3. The van der Waals surface area contributed by atoms with Crippen LogP contribution in [0.3, 0.4) is 0 Å². The molecule has 1 saturated heterocycles. The minimum atomic E-state index is -5.08. The van der Waals surface area contributed by atoms with Gasteiger partial charge in [0.05, 0.1) is 22.0 Å². The number of rotatable bonds is 7. The number of amides is 2. The Morgan fingerprint density at radius 2 is 1.83 bits per heavy atom. The summed E-state index contributed by atoms with van der Waals surface area (Å²) >= 11 is 2.57. The highest BCUT2D eigenvalue weighted by atomic mass is 32.2. The van der Waals surface area contributed by atoms with Crippen LogP contribution in [-0.2, 0) is 16.1 Å². The number of anilines is 1. The van der Waals surface area contributed by atoms with Gasteiger partial charge in [-0.2, -0.15) is 24.5 Å². The van der Waals surface area contributed by atoms with E-state index in [-0.39, 0.29) is 11.1 Å². The van der Waals surface area contributed by atoms with Crippen LogP contribution in [0, 0.1) is 0 Å². The van der Waals surface area contributed by atoms with Crippen LogP contribution in [0.4, 0.5) is 23.9 Å². The molecular formula is C26H25F3N6O4S2. The summed E-state index contributed by atoms with van der Waals surface area (Å²) < 4.78 is 31.7. The standard InChI is InChI=1S/C24H24N6O2S2.C2HF3O2/c31-22-21(34-24(32)30-22)12-18-8-10-25-23(29-18)28-17-6-4-16(5-7-17)26-13-19-2-1-3-20(27-19)15-9-11-33-14-15;3-2(4,5)1(6)7/h1-3,8-12,14,16-17,26H,4-7,13H2,(H,25,28,29)(H,30,31,32);(H,6,7). The van der Waals surface area contributed by atoms with Gasteiger partial charge in [0, 0.05) is 35.8 Å². The number of aromatic nitrogens is 3. The van der Waals surface area contributed by atoms with E-state index in [1.807, 2.05) is 0 Å². The summed E-state index contributed by atoms with van der Waals surface area (Å²) in [5.74, 6) is -2.61. The summed E-state index contributed by atoms with van der Waals surface area (Å²) in [6.07, 6.45) is 2.34. The number of halogens is 3. The number of hydrogen-bond donors (Lipinski definition) is 4. The largest absolute Gasteiger partial charge is 0.490 e. The van der Waals surface area contributed by atoms with Gasteiger partial charge in [-0.25, -0.2) is 14.8 Å². The van der Waals surface area contributed by atoms with Gasteiger partial charge in [0.25, 0.3) is 11.1 Å². The van der Waals surface area contributed by atoms with Crippen molar-refractivity contribution in [3.63, 3.8) is 0 Å². The SMILES string of the molecule is O=C(O)C(F)(F)F.O=C1NC(=O)C(=Cc2ccnc(NC3CCC(NCc4cccc(-c5ccsc5)n4)CC3)n2)S1. The van der Waals surface area contributed by atoms with Crippen molar-refractivity contribution in [3.05, 3.63) is 63.6 Å². The van der Waals surface area contributed by atoms with E-state index in [0.29, 0.717) is 28.6 Å². The fraction of sp³-hybridized carbons (Fsp3) is 0.308. The number of carbonyl (C=O) groups is 3. The number of aliphatic carboxylic acids is 1. The molecule has 2 fully saturated rings. The molecule has 2 aliphatic rings. The molecule has 10 nitrogen and oxygen atoms in total. The zero-order valence-corrected chi connectivity index (χ0v) is 23.0. The smallest absolute Gasteiger partial charge is 0.475 e. The van der Waals surface area contributed by atoms with Crippen LogP contribution in [0.15, 0.2) is 52.2 Å². The van der Waals surface area contributed by atoms with Gasteiger partial charge in [0.15, 0.2) is 0 Å². The second-order valence-electron chi connectivity index (χ2n) is 9.06. The molecule has 1 aliphatic heterocycles. The Labute approximate surface area is 240 Å². The lowest BCUT2D eigenvalue weighted by Crippen LogP contribution is -2.37. The van der Waals surface area contributed by atoms with Gasteiger partial charge in [-0.05, 0) is 73.2 Å². The highest BCUT2D eigenvalue weighted by molar-refractivity contribution is 8.18. The van der Waals surface area contributed by atoms with Crippen LogP contribution >= 0.6 is 23.1 Å². The van der Waals surface area contributed by atoms with Crippen molar-refractivity contribution >= 4 is 52.2 Å². The molecule has 0 unspecified atom stereocenters. The van der Waals surface area contributed by atoms with Crippen LogP contribution in [0.25, 0.3) is 17.3 Å². The van der Waals surface area contributed by atoms with Crippen molar-refractivity contribution in [3.8, 4) is 11.3 Å². The third-order valence-corrected chi connectivity index (χ3v) is 7.59. The summed E-state index contributed by atoms with van der Waals surface area (Å²) in [4.78, 5) is 45.9. The van der Waals surface area contributed by atoms with Crippen molar-refractivity contribution in [1.29, 1.82) is 0 Å². The van der Waals surface area contributed by atoms with E-state index < -0.39 is 12.1 Å². The van der Waals surface area contributed by atoms with Crippen molar-refractivity contribution in [2.24, 2.45) is 0 Å². The molecule has 0 aromatic carbocycles. The zero-order valence-electron chi connectivity index (χ0n) is 21.4. The lowest BCUT2D eigenvalue weighted by molar-refractivity contribution is -0.192. The monoisotopic (exact) mass is 606 g/mol. The Morgan fingerprint density at radius 3 is 2.46 bits per heavy atom. The van der Waals surface area contributed by atoms with Crippen molar-refractivity contribution in [2.45, 2.75) is 50.5 Å². The Morgan fingerprint density at radius 1 is 1.10 bits per heavy atom. The number of carboxylic acid groups (broad SMARTS) is 1. The van der Waals surface area contributed by atoms with E-state index in [9.17, 15) is 22.8 Å². The predicted octanol–water partition coefficient (Wildman–Crippen LogP) is 5.07.